The fourth-order valence-electron chi connectivity index (χ4n) is 1.76. The molecule has 126 valence electrons. The number of nitrogens with one attached hydrogen (secondary N) is 3. The third kappa shape index (κ3) is 6.21. The van der Waals surface area contributed by atoms with E-state index in [4.69, 9.17) is 0 Å². The summed E-state index contributed by atoms with van der Waals surface area (Å²) in [6.45, 7) is 5.80. The van der Waals surface area contributed by atoms with Crippen LogP contribution in [0.1, 0.15) is 19.4 Å². The Kier molecular flexibility index (Phi) is 8.44. The molecule has 0 aliphatic rings. The highest BCUT2D eigenvalue weighted by Gasteiger charge is 2.13. The summed E-state index contributed by atoms with van der Waals surface area (Å²) in [6, 6.07) is 5.09. The number of anilines is 2. The van der Waals surface area contributed by atoms with Crippen LogP contribution in [-0.4, -0.2) is 33.7 Å². The highest BCUT2D eigenvalue weighted by Crippen LogP contribution is 2.21. The standard InChI is InChI=1S/C14H23N3O3S.ClH/c1-5-21(19,20)17-13-7-6-12(8-10(13)2)16-14(18)11(3)9-15-4;/h6-8,11,15,17H,5,9H2,1-4H3,(H,16,18);1H. The Morgan fingerprint density at radius 3 is 2.45 bits per heavy atom. The van der Waals surface area contributed by atoms with Gasteiger partial charge in [0.05, 0.1) is 11.4 Å². The van der Waals surface area contributed by atoms with Crippen molar-refractivity contribution >= 4 is 39.7 Å². The van der Waals surface area contributed by atoms with Crippen molar-refractivity contribution in [3.8, 4) is 0 Å². The van der Waals surface area contributed by atoms with Crippen molar-refractivity contribution in [2.75, 3.05) is 29.4 Å². The van der Waals surface area contributed by atoms with Crippen molar-refractivity contribution in [1.29, 1.82) is 0 Å². The summed E-state index contributed by atoms with van der Waals surface area (Å²) in [5.74, 6) is -0.203. The third-order valence-electron chi connectivity index (χ3n) is 3.10. The Hall–Kier alpha value is -1.31. The largest absolute Gasteiger partial charge is 0.326 e. The second-order valence-corrected chi connectivity index (χ2v) is 6.99. The zero-order chi connectivity index (χ0) is 16.0. The average Bonchev–Trinajstić information content (AvgIpc) is 2.42. The highest BCUT2D eigenvalue weighted by atomic mass is 35.5. The molecule has 0 saturated heterocycles. The van der Waals surface area contributed by atoms with Crippen LogP contribution in [0.3, 0.4) is 0 Å². The molecule has 0 aromatic heterocycles. The first-order chi connectivity index (χ1) is 9.79. The van der Waals surface area contributed by atoms with Gasteiger partial charge < -0.3 is 10.6 Å². The maximum absolute atomic E-state index is 11.9. The van der Waals surface area contributed by atoms with Crippen LogP contribution in [-0.2, 0) is 14.8 Å². The molecule has 0 aliphatic heterocycles. The van der Waals surface area contributed by atoms with Gasteiger partial charge in [-0.2, -0.15) is 0 Å². The van der Waals surface area contributed by atoms with E-state index in [1.807, 2.05) is 6.92 Å². The molecule has 0 radical (unpaired) electrons. The third-order valence-corrected chi connectivity index (χ3v) is 4.39. The molecule has 6 nitrogen and oxygen atoms in total. The molecule has 1 atom stereocenters. The highest BCUT2D eigenvalue weighted by molar-refractivity contribution is 7.92. The molecular weight excluding hydrogens is 326 g/mol. The maximum atomic E-state index is 11.9. The topological polar surface area (TPSA) is 87.3 Å². The summed E-state index contributed by atoms with van der Waals surface area (Å²) < 4.78 is 25.6. The number of hydrogen-bond donors (Lipinski definition) is 3. The molecule has 8 heteroatoms. The minimum Gasteiger partial charge on any atom is -0.326 e. The van der Waals surface area contributed by atoms with Crippen LogP contribution in [0.5, 0.6) is 0 Å². The number of amides is 1. The van der Waals surface area contributed by atoms with Gasteiger partial charge in [-0.15, -0.1) is 12.4 Å². The van der Waals surface area contributed by atoms with E-state index >= 15 is 0 Å². The lowest BCUT2D eigenvalue weighted by Crippen LogP contribution is -2.28. The van der Waals surface area contributed by atoms with Gasteiger partial charge >= 0.3 is 0 Å². The SMILES string of the molecule is CCS(=O)(=O)Nc1ccc(NC(=O)C(C)CNC)cc1C.Cl. The van der Waals surface area contributed by atoms with E-state index in [1.54, 1.807) is 39.1 Å². The van der Waals surface area contributed by atoms with E-state index in [2.05, 4.69) is 15.4 Å². The summed E-state index contributed by atoms with van der Waals surface area (Å²) in [4.78, 5) is 11.9. The van der Waals surface area contributed by atoms with Gasteiger partial charge in [0.25, 0.3) is 0 Å². The van der Waals surface area contributed by atoms with Crippen molar-refractivity contribution in [2.45, 2.75) is 20.8 Å². The predicted molar refractivity (Wildman–Crippen MR) is 93.2 cm³/mol. The second kappa shape index (κ2) is 8.97. The van der Waals surface area contributed by atoms with Crippen LogP contribution in [0, 0.1) is 12.8 Å². The van der Waals surface area contributed by atoms with E-state index < -0.39 is 10.0 Å². The molecule has 1 aromatic carbocycles. The quantitative estimate of drug-likeness (QED) is 0.702. The van der Waals surface area contributed by atoms with Crippen LogP contribution in [0.4, 0.5) is 11.4 Å². The molecule has 0 heterocycles. The van der Waals surface area contributed by atoms with Gasteiger partial charge in [-0.1, -0.05) is 6.92 Å². The molecule has 3 N–H and O–H groups in total. The molecule has 1 unspecified atom stereocenters. The number of carbonyl (C=O) groups excluding carboxylic acids is 1. The number of hydrogen-bond acceptors (Lipinski definition) is 4. The summed E-state index contributed by atoms with van der Waals surface area (Å²) in [5, 5.41) is 5.76. The Morgan fingerprint density at radius 1 is 1.32 bits per heavy atom. The van der Waals surface area contributed by atoms with E-state index in [9.17, 15) is 13.2 Å². The first-order valence-electron chi connectivity index (χ1n) is 6.85. The Balaban J connectivity index is 0.00000441. The molecule has 1 amide bonds. The Morgan fingerprint density at radius 2 is 1.95 bits per heavy atom. The first kappa shape index (κ1) is 20.7. The van der Waals surface area contributed by atoms with Crippen LogP contribution in [0.15, 0.2) is 18.2 Å². The van der Waals surface area contributed by atoms with Gasteiger partial charge in [-0.05, 0) is 44.7 Å². The Bertz CT molecular complexity index is 605. The van der Waals surface area contributed by atoms with Crippen molar-refractivity contribution in [3.05, 3.63) is 23.8 Å². The zero-order valence-electron chi connectivity index (χ0n) is 13.3. The number of sulfonamides is 1. The van der Waals surface area contributed by atoms with E-state index in [0.29, 0.717) is 17.9 Å². The van der Waals surface area contributed by atoms with Crippen molar-refractivity contribution in [2.24, 2.45) is 5.92 Å². The number of benzene rings is 1. The molecule has 0 saturated carbocycles. The van der Waals surface area contributed by atoms with Crippen molar-refractivity contribution in [3.63, 3.8) is 0 Å². The summed E-state index contributed by atoms with van der Waals surface area (Å²) in [6.07, 6.45) is 0. The number of rotatable bonds is 7. The van der Waals surface area contributed by atoms with Gasteiger partial charge in [0.2, 0.25) is 15.9 Å². The van der Waals surface area contributed by atoms with Crippen molar-refractivity contribution in [1.82, 2.24) is 5.32 Å². The lowest BCUT2D eigenvalue weighted by atomic mass is 10.1. The molecule has 1 aromatic rings. The molecule has 0 spiro atoms. The number of aryl methyl sites for hydroxylation is 1. The average molecular weight is 350 g/mol. The smallest absolute Gasteiger partial charge is 0.232 e. The molecule has 0 fully saturated rings. The molecular formula is C14H24ClN3O3S. The monoisotopic (exact) mass is 349 g/mol. The van der Waals surface area contributed by atoms with Crippen LogP contribution in [0.2, 0.25) is 0 Å². The van der Waals surface area contributed by atoms with Crippen LogP contribution in [0.25, 0.3) is 0 Å². The predicted octanol–water partition coefficient (Wildman–Crippen LogP) is 1.97. The lowest BCUT2D eigenvalue weighted by Gasteiger charge is -2.14. The van der Waals surface area contributed by atoms with Gasteiger partial charge in [-0.3, -0.25) is 9.52 Å². The van der Waals surface area contributed by atoms with Crippen LogP contribution >= 0.6 is 12.4 Å². The van der Waals surface area contributed by atoms with Gasteiger partial charge in [-0.25, -0.2) is 8.42 Å². The van der Waals surface area contributed by atoms with E-state index in [1.165, 1.54) is 0 Å². The number of carbonyl (C=O) groups is 1. The summed E-state index contributed by atoms with van der Waals surface area (Å²) >= 11 is 0. The maximum Gasteiger partial charge on any atom is 0.232 e. The molecule has 22 heavy (non-hydrogen) atoms. The number of halogens is 1. The van der Waals surface area contributed by atoms with Gasteiger partial charge in [0.1, 0.15) is 0 Å². The van der Waals surface area contributed by atoms with E-state index in [0.717, 1.165) is 5.56 Å². The molecule has 0 bridgehead atoms. The van der Waals surface area contributed by atoms with Gasteiger partial charge in [0, 0.05) is 18.2 Å². The lowest BCUT2D eigenvalue weighted by molar-refractivity contribution is -0.119. The molecule has 1 rings (SSSR count). The second-order valence-electron chi connectivity index (χ2n) is 4.98. The Labute approximate surface area is 138 Å². The minimum atomic E-state index is -3.30. The van der Waals surface area contributed by atoms with Crippen LogP contribution < -0.4 is 15.4 Å². The zero-order valence-corrected chi connectivity index (χ0v) is 14.9. The molecule has 0 aliphatic carbocycles. The normalized spacial score (nSPS) is 12.2. The van der Waals surface area contributed by atoms with E-state index in [-0.39, 0.29) is 30.0 Å². The van der Waals surface area contributed by atoms with Gasteiger partial charge in [0.15, 0.2) is 0 Å². The fraction of sp³-hybridized carbons (Fsp3) is 0.500. The first-order valence-corrected chi connectivity index (χ1v) is 8.51. The summed E-state index contributed by atoms with van der Waals surface area (Å²) in [7, 11) is -1.50. The fourth-order valence-corrected chi connectivity index (χ4v) is 2.47. The minimum absolute atomic E-state index is 0. The summed E-state index contributed by atoms with van der Waals surface area (Å²) in [5.41, 5.74) is 1.93. The van der Waals surface area contributed by atoms with Crippen molar-refractivity contribution < 1.29 is 13.2 Å².